The number of carboxylic acid groups (broad SMARTS) is 2. The number of carboxylic acids is 2. The number of carbonyl (C=O) groups is 3. The van der Waals surface area contributed by atoms with Gasteiger partial charge in [-0.2, -0.15) is 11.8 Å². The Balaban J connectivity index is 0.000000360. The zero-order chi connectivity index (χ0) is 19.9. The quantitative estimate of drug-likeness (QED) is 0.545. The van der Waals surface area contributed by atoms with E-state index >= 15 is 0 Å². The lowest BCUT2D eigenvalue weighted by Gasteiger charge is -2.27. The van der Waals surface area contributed by atoms with Crippen molar-refractivity contribution in [2.45, 2.75) is 51.2 Å². The van der Waals surface area contributed by atoms with Crippen LogP contribution in [-0.4, -0.2) is 76.2 Å². The van der Waals surface area contributed by atoms with Crippen LogP contribution in [0.1, 0.15) is 33.1 Å². The summed E-state index contributed by atoms with van der Waals surface area (Å²) < 4.78 is 0. The van der Waals surface area contributed by atoms with E-state index in [4.69, 9.17) is 25.5 Å². The van der Waals surface area contributed by atoms with Crippen molar-refractivity contribution in [2.75, 3.05) is 25.1 Å². The first-order chi connectivity index (χ1) is 12.2. The molecular formula is C17H31N3O5S. The number of hydrogen-bond donors (Lipinski definition) is 4. The SMILES string of the molecule is CC(=O)O.CC(=O)O.CSCC[C@H](N)C(=O)N1[C@@H]2CC[C@H]1[C@H]1CNC[C@H]12. The number of hydrogen-bond acceptors (Lipinski definition) is 6. The highest BCUT2D eigenvalue weighted by atomic mass is 32.2. The Morgan fingerprint density at radius 2 is 1.54 bits per heavy atom. The monoisotopic (exact) mass is 389 g/mol. The lowest BCUT2D eigenvalue weighted by Crippen LogP contribution is -2.48. The van der Waals surface area contributed by atoms with E-state index in [9.17, 15) is 4.79 Å². The third kappa shape index (κ3) is 6.14. The minimum atomic E-state index is -0.833. The van der Waals surface area contributed by atoms with Crippen molar-refractivity contribution >= 4 is 29.6 Å². The van der Waals surface area contributed by atoms with Crippen molar-refractivity contribution in [2.24, 2.45) is 17.6 Å². The molecule has 0 saturated carbocycles. The minimum absolute atomic E-state index is 0.214. The number of nitrogens with zero attached hydrogens (tertiary/aromatic N) is 1. The van der Waals surface area contributed by atoms with E-state index in [1.165, 1.54) is 12.8 Å². The molecular weight excluding hydrogens is 358 g/mol. The van der Waals surface area contributed by atoms with Crippen LogP contribution in [0.2, 0.25) is 0 Å². The molecule has 0 aromatic rings. The Morgan fingerprint density at radius 1 is 1.12 bits per heavy atom. The Labute approximate surface area is 158 Å². The smallest absolute Gasteiger partial charge is 0.300 e. The summed E-state index contributed by atoms with van der Waals surface area (Å²) in [5, 5.41) is 18.3. The summed E-state index contributed by atoms with van der Waals surface area (Å²) in [6.45, 7) is 4.35. The Morgan fingerprint density at radius 3 is 1.92 bits per heavy atom. The molecule has 0 spiro atoms. The standard InChI is InChI=1S/C13H23N3OS.2C2H4O2/c1-18-5-4-10(14)13(17)16-11-2-3-12(16)9-7-15-6-8(9)11;2*1-2(3)4/h8-12,15H,2-7,14H2,1H3;2*1H3,(H,3,4)/t8-,9+,10-,11-,12+;;/m0../s1. The number of nitrogens with two attached hydrogens (primary N) is 1. The van der Waals surface area contributed by atoms with Crippen molar-refractivity contribution in [1.29, 1.82) is 0 Å². The number of fused-ring (bicyclic) bond motifs is 5. The Hall–Kier alpha value is -1.32. The molecule has 8 nitrogen and oxygen atoms in total. The van der Waals surface area contributed by atoms with Gasteiger partial charge in [-0.05, 0) is 43.1 Å². The van der Waals surface area contributed by atoms with Crippen molar-refractivity contribution in [1.82, 2.24) is 10.2 Å². The third-order valence-corrected chi connectivity index (χ3v) is 5.62. The average molecular weight is 390 g/mol. The molecule has 3 aliphatic rings. The maximum atomic E-state index is 12.5. The van der Waals surface area contributed by atoms with Gasteiger partial charge in [0.25, 0.3) is 11.9 Å². The second-order valence-corrected chi connectivity index (χ2v) is 7.86. The summed E-state index contributed by atoms with van der Waals surface area (Å²) in [7, 11) is 0. The van der Waals surface area contributed by atoms with E-state index in [1.807, 2.05) is 0 Å². The maximum Gasteiger partial charge on any atom is 0.300 e. The van der Waals surface area contributed by atoms with Gasteiger partial charge >= 0.3 is 0 Å². The molecule has 0 radical (unpaired) electrons. The molecule has 3 fully saturated rings. The first-order valence-corrected chi connectivity index (χ1v) is 10.3. The lowest BCUT2D eigenvalue weighted by atomic mass is 9.82. The molecule has 1 amide bonds. The van der Waals surface area contributed by atoms with Gasteiger partial charge in [-0.3, -0.25) is 14.4 Å². The molecule has 9 heteroatoms. The van der Waals surface area contributed by atoms with Gasteiger partial charge in [0.1, 0.15) is 0 Å². The summed E-state index contributed by atoms with van der Waals surface area (Å²) in [5.41, 5.74) is 6.07. The van der Waals surface area contributed by atoms with Gasteiger partial charge in [0.05, 0.1) is 6.04 Å². The van der Waals surface area contributed by atoms with Crippen LogP contribution >= 0.6 is 11.8 Å². The van der Waals surface area contributed by atoms with E-state index in [0.29, 0.717) is 23.9 Å². The molecule has 3 rings (SSSR count). The van der Waals surface area contributed by atoms with Gasteiger partial charge in [-0.1, -0.05) is 0 Å². The third-order valence-electron chi connectivity index (χ3n) is 4.98. The summed E-state index contributed by atoms with van der Waals surface area (Å²) in [6.07, 6.45) is 5.25. The Kier molecular flexibility index (Phi) is 9.38. The molecule has 0 unspecified atom stereocenters. The molecule has 26 heavy (non-hydrogen) atoms. The van der Waals surface area contributed by atoms with E-state index < -0.39 is 11.9 Å². The fourth-order valence-corrected chi connectivity index (χ4v) is 4.64. The van der Waals surface area contributed by atoms with Gasteiger partial charge in [0.15, 0.2) is 0 Å². The van der Waals surface area contributed by atoms with Crippen LogP contribution in [0.5, 0.6) is 0 Å². The van der Waals surface area contributed by atoms with Crippen LogP contribution in [0.25, 0.3) is 0 Å². The fourth-order valence-electron chi connectivity index (χ4n) is 4.16. The van der Waals surface area contributed by atoms with Crippen LogP contribution in [0.4, 0.5) is 0 Å². The van der Waals surface area contributed by atoms with Crippen LogP contribution in [0.3, 0.4) is 0 Å². The van der Waals surface area contributed by atoms with Gasteiger partial charge in [-0.15, -0.1) is 0 Å². The number of nitrogens with one attached hydrogen (secondary N) is 1. The number of rotatable bonds is 4. The van der Waals surface area contributed by atoms with Crippen molar-refractivity contribution in [3.05, 3.63) is 0 Å². The molecule has 3 aliphatic heterocycles. The molecule has 5 atom stereocenters. The number of amides is 1. The van der Waals surface area contributed by atoms with Gasteiger partial charge in [0, 0.05) is 39.0 Å². The summed E-state index contributed by atoms with van der Waals surface area (Å²) >= 11 is 1.76. The average Bonchev–Trinajstić information content (AvgIpc) is 3.22. The fraction of sp³-hybridized carbons (Fsp3) is 0.824. The van der Waals surface area contributed by atoms with Gasteiger partial charge < -0.3 is 26.2 Å². The summed E-state index contributed by atoms with van der Waals surface area (Å²) in [6, 6.07) is 0.665. The molecule has 0 aromatic carbocycles. The number of carbonyl (C=O) groups excluding carboxylic acids is 1. The van der Waals surface area contributed by atoms with Crippen LogP contribution in [0, 0.1) is 11.8 Å². The van der Waals surface area contributed by atoms with Crippen molar-refractivity contribution < 1.29 is 24.6 Å². The molecule has 3 heterocycles. The van der Waals surface area contributed by atoms with Crippen LogP contribution in [-0.2, 0) is 14.4 Å². The first-order valence-electron chi connectivity index (χ1n) is 8.87. The zero-order valence-electron chi connectivity index (χ0n) is 15.7. The van der Waals surface area contributed by atoms with E-state index in [1.54, 1.807) is 11.8 Å². The van der Waals surface area contributed by atoms with Crippen LogP contribution < -0.4 is 11.1 Å². The van der Waals surface area contributed by atoms with Gasteiger partial charge in [-0.25, -0.2) is 0 Å². The van der Waals surface area contributed by atoms with Gasteiger partial charge in [0.2, 0.25) is 5.91 Å². The predicted molar refractivity (Wildman–Crippen MR) is 101 cm³/mol. The molecule has 5 N–H and O–H groups in total. The molecule has 150 valence electrons. The largest absolute Gasteiger partial charge is 0.481 e. The summed E-state index contributed by atoms with van der Waals surface area (Å²) in [5.74, 6) is 0.914. The first kappa shape index (κ1) is 22.7. The highest BCUT2D eigenvalue weighted by Crippen LogP contribution is 2.47. The van der Waals surface area contributed by atoms with E-state index in [-0.39, 0.29) is 11.9 Å². The molecule has 0 aromatic heterocycles. The molecule has 3 saturated heterocycles. The second kappa shape index (κ2) is 10.7. The van der Waals surface area contributed by atoms with Crippen LogP contribution in [0.15, 0.2) is 0 Å². The van der Waals surface area contributed by atoms with E-state index in [0.717, 1.165) is 39.1 Å². The molecule has 2 bridgehead atoms. The minimum Gasteiger partial charge on any atom is -0.481 e. The maximum absolute atomic E-state index is 12.5. The lowest BCUT2D eigenvalue weighted by molar-refractivity contribution is -0.135. The van der Waals surface area contributed by atoms with Crippen molar-refractivity contribution in [3.63, 3.8) is 0 Å². The normalized spacial score (nSPS) is 29.0. The van der Waals surface area contributed by atoms with Crippen molar-refractivity contribution in [3.8, 4) is 0 Å². The highest BCUT2D eigenvalue weighted by Gasteiger charge is 2.56. The predicted octanol–water partition coefficient (Wildman–Crippen LogP) is 0.457. The number of thioether (sulfide) groups is 1. The Bertz CT molecular complexity index is 467. The summed E-state index contributed by atoms with van der Waals surface area (Å²) in [4.78, 5) is 32.7. The van der Waals surface area contributed by atoms with E-state index in [2.05, 4.69) is 16.5 Å². The molecule has 0 aliphatic carbocycles. The highest BCUT2D eigenvalue weighted by molar-refractivity contribution is 7.98. The zero-order valence-corrected chi connectivity index (χ0v) is 16.5. The number of aliphatic carboxylic acids is 2. The topological polar surface area (TPSA) is 133 Å². The second-order valence-electron chi connectivity index (χ2n) is 6.87.